The zero-order valence-electron chi connectivity index (χ0n) is 15.9. The number of hydrogen-bond donors (Lipinski definition) is 0. The topological polar surface area (TPSA) is 45.6 Å². The Hall–Kier alpha value is -2.56. The number of aromatic nitrogens is 1. The number of fused-ring (bicyclic) bond motifs is 1. The Morgan fingerprint density at radius 2 is 1.81 bits per heavy atom. The highest BCUT2D eigenvalue weighted by Crippen LogP contribution is 2.32. The van der Waals surface area contributed by atoms with Gasteiger partial charge in [0.1, 0.15) is 6.29 Å². The third-order valence-corrected chi connectivity index (χ3v) is 6.07. The van der Waals surface area contributed by atoms with Gasteiger partial charge in [-0.3, -0.25) is 9.59 Å². The van der Waals surface area contributed by atoms with E-state index in [2.05, 4.69) is 39.6 Å². The first-order valence-electron chi connectivity index (χ1n) is 9.97. The monoisotopic (exact) mass is 365 g/mol. The van der Waals surface area contributed by atoms with E-state index >= 15 is 0 Å². The number of rotatable bonds is 4. The van der Waals surface area contributed by atoms with E-state index in [1.807, 2.05) is 24.3 Å². The fraction of sp³-hybridized carbons (Fsp3) is 0.455. The van der Waals surface area contributed by atoms with Gasteiger partial charge in [0, 0.05) is 55.2 Å². The first kappa shape index (κ1) is 17.8. The number of aldehydes is 1. The number of nitrogens with zero attached hydrogens (tertiary/aromatic N) is 3. The van der Waals surface area contributed by atoms with Crippen molar-refractivity contribution in [2.45, 2.75) is 38.8 Å². The summed E-state index contributed by atoms with van der Waals surface area (Å²) in [7, 11) is 0. The molecule has 1 fully saturated rings. The van der Waals surface area contributed by atoms with Crippen molar-refractivity contribution in [1.29, 1.82) is 0 Å². The van der Waals surface area contributed by atoms with E-state index in [0.29, 0.717) is 11.5 Å². The Bertz CT molecular complexity index is 803. The SMILES string of the molecule is CC[C@H]1c2cccn2CCN1C(=O)C1CCN(c2ccc(C=O)cc2)CC1. The van der Waals surface area contributed by atoms with Crippen LogP contribution in [0.15, 0.2) is 42.6 Å². The molecule has 5 nitrogen and oxygen atoms in total. The highest BCUT2D eigenvalue weighted by atomic mass is 16.2. The molecule has 1 saturated heterocycles. The molecule has 1 aromatic heterocycles. The summed E-state index contributed by atoms with van der Waals surface area (Å²) in [6, 6.07) is 12.1. The van der Waals surface area contributed by atoms with Crippen molar-refractivity contribution in [1.82, 2.24) is 9.47 Å². The molecular formula is C22H27N3O2. The number of amides is 1. The highest BCUT2D eigenvalue weighted by Gasteiger charge is 2.34. The largest absolute Gasteiger partial charge is 0.371 e. The molecule has 5 heteroatoms. The van der Waals surface area contributed by atoms with E-state index < -0.39 is 0 Å². The zero-order valence-corrected chi connectivity index (χ0v) is 15.9. The second kappa shape index (κ2) is 7.59. The first-order valence-corrected chi connectivity index (χ1v) is 9.97. The van der Waals surface area contributed by atoms with E-state index in [-0.39, 0.29) is 12.0 Å². The van der Waals surface area contributed by atoms with E-state index in [1.165, 1.54) is 5.69 Å². The lowest BCUT2D eigenvalue weighted by Gasteiger charge is -2.40. The van der Waals surface area contributed by atoms with Crippen molar-refractivity contribution in [2.24, 2.45) is 5.92 Å². The predicted molar refractivity (Wildman–Crippen MR) is 106 cm³/mol. The maximum atomic E-state index is 13.2. The number of piperidine rings is 1. The van der Waals surface area contributed by atoms with Crippen LogP contribution in [0.3, 0.4) is 0 Å². The van der Waals surface area contributed by atoms with Crippen molar-refractivity contribution in [2.75, 3.05) is 24.5 Å². The maximum absolute atomic E-state index is 13.2. The second-order valence-electron chi connectivity index (χ2n) is 7.55. The smallest absolute Gasteiger partial charge is 0.226 e. The average molecular weight is 365 g/mol. The first-order chi connectivity index (χ1) is 13.2. The highest BCUT2D eigenvalue weighted by molar-refractivity contribution is 5.80. The molecule has 1 aromatic carbocycles. The van der Waals surface area contributed by atoms with E-state index in [0.717, 1.165) is 57.4 Å². The van der Waals surface area contributed by atoms with Gasteiger partial charge in [-0.25, -0.2) is 0 Å². The van der Waals surface area contributed by atoms with Crippen LogP contribution in [0.2, 0.25) is 0 Å². The summed E-state index contributed by atoms with van der Waals surface area (Å²) >= 11 is 0. The minimum absolute atomic E-state index is 0.117. The van der Waals surface area contributed by atoms with Gasteiger partial charge >= 0.3 is 0 Å². The molecule has 0 aliphatic carbocycles. The Morgan fingerprint density at radius 1 is 1.07 bits per heavy atom. The zero-order chi connectivity index (χ0) is 18.8. The van der Waals surface area contributed by atoms with Gasteiger partial charge in [0.2, 0.25) is 5.91 Å². The third kappa shape index (κ3) is 3.38. The summed E-state index contributed by atoms with van der Waals surface area (Å²) in [6.07, 6.45) is 5.73. The van der Waals surface area contributed by atoms with Gasteiger partial charge in [0.05, 0.1) is 6.04 Å². The molecule has 1 atom stereocenters. The molecular weight excluding hydrogens is 338 g/mol. The van der Waals surface area contributed by atoms with Crippen molar-refractivity contribution in [3.63, 3.8) is 0 Å². The molecule has 1 amide bonds. The number of hydrogen-bond acceptors (Lipinski definition) is 3. The number of carbonyl (C=O) groups excluding carboxylic acids is 2. The molecule has 142 valence electrons. The summed E-state index contributed by atoms with van der Waals surface area (Å²) < 4.78 is 2.28. The van der Waals surface area contributed by atoms with Crippen molar-refractivity contribution in [3.8, 4) is 0 Å². The van der Waals surface area contributed by atoms with Crippen molar-refractivity contribution < 1.29 is 9.59 Å². The molecule has 0 spiro atoms. The molecule has 0 saturated carbocycles. The number of benzene rings is 1. The van der Waals surface area contributed by atoms with Crippen molar-refractivity contribution >= 4 is 17.9 Å². The van der Waals surface area contributed by atoms with Crippen LogP contribution in [0.4, 0.5) is 5.69 Å². The van der Waals surface area contributed by atoms with Crippen LogP contribution in [0.5, 0.6) is 0 Å². The summed E-state index contributed by atoms with van der Waals surface area (Å²) in [5, 5.41) is 0. The molecule has 0 bridgehead atoms. The predicted octanol–water partition coefficient (Wildman–Crippen LogP) is 3.51. The molecule has 27 heavy (non-hydrogen) atoms. The fourth-order valence-electron chi connectivity index (χ4n) is 4.54. The Balaban J connectivity index is 1.40. The fourth-order valence-corrected chi connectivity index (χ4v) is 4.54. The van der Waals surface area contributed by atoms with Crippen molar-refractivity contribution in [3.05, 3.63) is 53.9 Å². The second-order valence-corrected chi connectivity index (χ2v) is 7.55. The van der Waals surface area contributed by atoms with Gasteiger partial charge in [0.15, 0.2) is 0 Å². The molecule has 4 rings (SSSR count). The lowest BCUT2D eigenvalue weighted by atomic mass is 9.93. The van der Waals surface area contributed by atoms with Crippen LogP contribution in [0.1, 0.15) is 48.3 Å². The van der Waals surface area contributed by atoms with E-state index in [9.17, 15) is 9.59 Å². The third-order valence-electron chi connectivity index (χ3n) is 6.07. The molecule has 3 heterocycles. The van der Waals surface area contributed by atoms with Crippen LogP contribution in [0, 0.1) is 5.92 Å². The lowest BCUT2D eigenvalue weighted by Crippen LogP contribution is -2.47. The van der Waals surface area contributed by atoms with E-state index in [1.54, 1.807) is 0 Å². The number of carbonyl (C=O) groups is 2. The van der Waals surface area contributed by atoms with Crippen LogP contribution < -0.4 is 4.90 Å². The molecule has 0 radical (unpaired) electrons. The normalized spacial score (nSPS) is 20.4. The Labute approximate surface area is 160 Å². The van der Waals surface area contributed by atoms with Gasteiger partial charge in [-0.2, -0.15) is 0 Å². The number of anilines is 1. The Kier molecular flexibility index (Phi) is 5.01. The minimum Gasteiger partial charge on any atom is -0.371 e. The Morgan fingerprint density at radius 3 is 2.48 bits per heavy atom. The lowest BCUT2D eigenvalue weighted by molar-refractivity contribution is -0.140. The van der Waals surface area contributed by atoms with Crippen LogP contribution in [-0.4, -0.2) is 41.3 Å². The van der Waals surface area contributed by atoms with Gasteiger partial charge in [-0.1, -0.05) is 6.92 Å². The summed E-state index contributed by atoms with van der Waals surface area (Å²) in [4.78, 5) is 28.5. The van der Waals surface area contributed by atoms with Crippen LogP contribution in [-0.2, 0) is 11.3 Å². The maximum Gasteiger partial charge on any atom is 0.226 e. The van der Waals surface area contributed by atoms with E-state index in [4.69, 9.17) is 0 Å². The summed E-state index contributed by atoms with van der Waals surface area (Å²) in [6.45, 7) is 5.65. The summed E-state index contributed by atoms with van der Waals surface area (Å²) in [5.41, 5.74) is 3.10. The standard InChI is InChI=1S/C22H27N3O2/c1-2-20-21-4-3-11-24(21)14-15-25(20)22(27)18-9-12-23(13-10-18)19-7-5-17(16-26)6-8-19/h3-8,11,16,18,20H,2,9-10,12-15H2,1H3/t20-/m0/s1. The quantitative estimate of drug-likeness (QED) is 0.779. The van der Waals surface area contributed by atoms with Crippen LogP contribution >= 0.6 is 0 Å². The molecule has 2 aliphatic heterocycles. The molecule has 2 aliphatic rings. The summed E-state index contributed by atoms with van der Waals surface area (Å²) in [5.74, 6) is 0.441. The van der Waals surface area contributed by atoms with Crippen LogP contribution in [0.25, 0.3) is 0 Å². The van der Waals surface area contributed by atoms with Gasteiger partial charge < -0.3 is 14.4 Å². The molecule has 0 N–H and O–H groups in total. The molecule has 2 aromatic rings. The average Bonchev–Trinajstić information content (AvgIpc) is 3.21. The van der Waals surface area contributed by atoms with Gasteiger partial charge in [-0.05, 0) is 55.7 Å². The van der Waals surface area contributed by atoms with Gasteiger partial charge in [-0.15, -0.1) is 0 Å². The minimum atomic E-state index is 0.117. The molecule has 0 unspecified atom stereocenters. The van der Waals surface area contributed by atoms with Gasteiger partial charge in [0.25, 0.3) is 0 Å².